The summed E-state index contributed by atoms with van der Waals surface area (Å²) in [7, 11) is 0. The first-order chi connectivity index (χ1) is 14.8. The van der Waals surface area contributed by atoms with Crippen molar-refractivity contribution in [1.29, 1.82) is 0 Å². The molecule has 2 saturated heterocycles. The Labute approximate surface area is 200 Å². The summed E-state index contributed by atoms with van der Waals surface area (Å²) in [4.78, 5) is 9.63. The summed E-state index contributed by atoms with van der Waals surface area (Å²) in [6.45, 7) is 7.70. The molecular formula is C23H32FIN4O2. The fourth-order valence-electron chi connectivity index (χ4n) is 3.97. The third-order valence-corrected chi connectivity index (χ3v) is 5.72. The lowest BCUT2D eigenvalue weighted by Crippen LogP contribution is -2.52. The minimum atomic E-state index is -0.169. The quantitative estimate of drug-likeness (QED) is 0.331. The number of furan rings is 1. The predicted molar refractivity (Wildman–Crippen MR) is 130 cm³/mol. The van der Waals surface area contributed by atoms with E-state index in [-0.39, 0.29) is 29.8 Å². The van der Waals surface area contributed by atoms with E-state index < -0.39 is 0 Å². The van der Waals surface area contributed by atoms with Crippen LogP contribution in [0.1, 0.15) is 17.7 Å². The number of nitrogens with zero attached hydrogens (tertiary/aromatic N) is 3. The molecule has 0 bridgehead atoms. The summed E-state index contributed by atoms with van der Waals surface area (Å²) >= 11 is 0. The van der Waals surface area contributed by atoms with Crippen molar-refractivity contribution in [2.45, 2.75) is 19.4 Å². The van der Waals surface area contributed by atoms with E-state index in [1.165, 1.54) is 6.07 Å². The van der Waals surface area contributed by atoms with Crippen LogP contribution in [0.4, 0.5) is 4.39 Å². The van der Waals surface area contributed by atoms with Crippen LogP contribution in [-0.2, 0) is 17.7 Å². The molecule has 1 N–H and O–H groups in total. The first-order valence-electron chi connectivity index (χ1n) is 10.9. The van der Waals surface area contributed by atoms with Crippen LogP contribution >= 0.6 is 24.0 Å². The van der Waals surface area contributed by atoms with Crippen LogP contribution in [0.3, 0.4) is 0 Å². The molecule has 0 amide bonds. The van der Waals surface area contributed by atoms with Crippen LogP contribution < -0.4 is 5.32 Å². The molecule has 170 valence electrons. The van der Waals surface area contributed by atoms with Gasteiger partial charge in [-0.1, -0.05) is 12.1 Å². The van der Waals surface area contributed by atoms with Crippen LogP contribution in [0.5, 0.6) is 0 Å². The molecule has 8 heteroatoms. The first kappa shape index (κ1) is 24.0. The summed E-state index contributed by atoms with van der Waals surface area (Å²) in [6.07, 6.45) is 3.63. The zero-order chi connectivity index (χ0) is 20.6. The Balaban J connectivity index is 0.00000272. The monoisotopic (exact) mass is 542 g/mol. The number of halogens is 2. The summed E-state index contributed by atoms with van der Waals surface area (Å²) in [5, 5.41) is 3.53. The van der Waals surface area contributed by atoms with Gasteiger partial charge in [-0.05, 0) is 36.2 Å². The lowest BCUT2D eigenvalue weighted by molar-refractivity contribution is 0.171. The van der Waals surface area contributed by atoms with Gasteiger partial charge in [-0.25, -0.2) is 4.39 Å². The molecule has 2 aliphatic heterocycles. The second kappa shape index (κ2) is 12.4. The molecule has 0 radical (unpaired) electrons. The van der Waals surface area contributed by atoms with Crippen LogP contribution in [-0.4, -0.2) is 68.2 Å². The Kier molecular flexibility index (Phi) is 9.60. The highest BCUT2D eigenvalue weighted by Crippen LogP contribution is 2.14. The normalized spacial score (nSPS) is 20.0. The number of hydrogen-bond acceptors (Lipinski definition) is 4. The maximum atomic E-state index is 13.5. The average Bonchev–Trinajstić information content (AvgIpc) is 3.46. The Hall–Kier alpha value is -1.65. The Morgan fingerprint density at radius 1 is 1.16 bits per heavy atom. The second-order valence-electron chi connectivity index (χ2n) is 8.04. The second-order valence-corrected chi connectivity index (χ2v) is 8.04. The lowest BCUT2D eigenvalue weighted by atomic mass is 10.1. The van der Waals surface area contributed by atoms with Crippen LogP contribution in [0.15, 0.2) is 52.1 Å². The summed E-state index contributed by atoms with van der Waals surface area (Å²) in [5.74, 6) is 2.29. The summed E-state index contributed by atoms with van der Waals surface area (Å²) in [5.41, 5.74) is 1.02. The molecule has 3 heterocycles. The predicted octanol–water partition coefficient (Wildman–Crippen LogP) is 3.38. The van der Waals surface area contributed by atoms with Gasteiger partial charge in [-0.15, -0.1) is 24.0 Å². The number of ether oxygens (including phenoxy) is 1. The Morgan fingerprint density at radius 2 is 2.03 bits per heavy atom. The number of piperazine rings is 1. The average molecular weight is 542 g/mol. The van der Waals surface area contributed by atoms with Crippen molar-refractivity contribution in [3.8, 4) is 0 Å². The van der Waals surface area contributed by atoms with Gasteiger partial charge >= 0.3 is 0 Å². The third-order valence-electron chi connectivity index (χ3n) is 5.72. The molecule has 6 nitrogen and oxygen atoms in total. The SMILES string of the molecule is Fc1cccc(CN2CCN(C(=NCC3CCOC3)NCCc3ccco3)CC2)c1.I. The van der Waals surface area contributed by atoms with Crippen LogP contribution in [0, 0.1) is 11.7 Å². The highest BCUT2D eigenvalue weighted by molar-refractivity contribution is 14.0. The van der Waals surface area contributed by atoms with Crippen molar-refractivity contribution in [2.75, 3.05) is 52.5 Å². The molecule has 1 aromatic carbocycles. The van der Waals surface area contributed by atoms with Crippen molar-refractivity contribution >= 4 is 29.9 Å². The van der Waals surface area contributed by atoms with Gasteiger partial charge in [0.1, 0.15) is 11.6 Å². The minimum absolute atomic E-state index is 0. The molecule has 0 aliphatic carbocycles. The van der Waals surface area contributed by atoms with Gasteiger partial charge in [0.05, 0.1) is 12.9 Å². The lowest BCUT2D eigenvalue weighted by Gasteiger charge is -2.36. The topological polar surface area (TPSA) is 53.2 Å². The molecule has 2 aromatic rings. The van der Waals surface area contributed by atoms with E-state index >= 15 is 0 Å². The van der Waals surface area contributed by atoms with Gasteiger partial charge in [0.2, 0.25) is 0 Å². The molecule has 31 heavy (non-hydrogen) atoms. The number of hydrogen-bond donors (Lipinski definition) is 1. The van der Waals surface area contributed by atoms with E-state index in [1.807, 2.05) is 18.2 Å². The number of aliphatic imine (C=N–C) groups is 1. The molecule has 1 aromatic heterocycles. The van der Waals surface area contributed by atoms with Crippen LogP contribution in [0.2, 0.25) is 0 Å². The van der Waals surface area contributed by atoms with Gasteiger partial charge in [0.15, 0.2) is 5.96 Å². The largest absolute Gasteiger partial charge is 0.469 e. The number of guanidine groups is 1. The molecule has 0 spiro atoms. The molecule has 0 saturated carbocycles. The molecule has 4 rings (SSSR count). The first-order valence-corrected chi connectivity index (χ1v) is 10.9. The fourth-order valence-corrected chi connectivity index (χ4v) is 3.97. The Bertz CT molecular complexity index is 804. The number of benzene rings is 1. The highest BCUT2D eigenvalue weighted by Gasteiger charge is 2.21. The van der Waals surface area contributed by atoms with E-state index in [0.717, 1.165) is 89.2 Å². The fraction of sp³-hybridized carbons (Fsp3) is 0.522. The van der Waals surface area contributed by atoms with E-state index in [2.05, 4.69) is 15.1 Å². The maximum Gasteiger partial charge on any atom is 0.194 e. The van der Waals surface area contributed by atoms with Gasteiger partial charge in [0, 0.05) is 64.8 Å². The van der Waals surface area contributed by atoms with Gasteiger partial charge in [0.25, 0.3) is 0 Å². The zero-order valence-electron chi connectivity index (χ0n) is 17.8. The standard InChI is InChI=1S/C23H31FN4O2.HI/c24-21-4-1-3-19(15-21)17-27-9-11-28(12-10-27)23(26-16-20-7-14-29-18-20)25-8-6-22-5-2-13-30-22;/h1-5,13,15,20H,6-12,14,16-18H2,(H,25,26);1H. The smallest absolute Gasteiger partial charge is 0.194 e. The summed E-state index contributed by atoms with van der Waals surface area (Å²) < 4.78 is 24.4. The van der Waals surface area contributed by atoms with Crippen molar-refractivity contribution in [2.24, 2.45) is 10.9 Å². The summed E-state index contributed by atoms with van der Waals surface area (Å²) in [6, 6.07) is 10.8. The van der Waals surface area contributed by atoms with E-state index in [0.29, 0.717) is 5.92 Å². The van der Waals surface area contributed by atoms with E-state index in [4.69, 9.17) is 14.1 Å². The van der Waals surface area contributed by atoms with E-state index in [1.54, 1.807) is 18.4 Å². The van der Waals surface area contributed by atoms with Crippen molar-refractivity contribution in [1.82, 2.24) is 15.1 Å². The zero-order valence-corrected chi connectivity index (χ0v) is 20.2. The Morgan fingerprint density at radius 3 is 2.74 bits per heavy atom. The van der Waals surface area contributed by atoms with Crippen molar-refractivity contribution < 1.29 is 13.5 Å². The van der Waals surface area contributed by atoms with E-state index in [9.17, 15) is 4.39 Å². The van der Waals surface area contributed by atoms with Crippen molar-refractivity contribution in [3.05, 3.63) is 59.8 Å². The highest BCUT2D eigenvalue weighted by atomic mass is 127. The van der Waals surface area contributed by atoms with Gasteiger partial charge < -0.3 is 19.4 Å². The molecular weight excluding hydrogens is 510 g/mol. The number of nitrogens with one attached hydrogen (secondary N) is 1. The van der Waals surface area contributed by atoms with Crippen LogP contribution in [0.25, 0.3) is 0 Å². The minimum Gasteiger partial charge on any atom is -0.469 e. The maximum absolute atomic E-state index is 13.5. The molecule has 1 atom stereocenters. The molecule has 2 aliphatic rings. The molecule has 1 unspecified atom stereocenters. The van der Waals surface area contributed by atoms with Crippen molar-refractivity contribution in [3.63, 3.8) is 0 Å². The van der Waals surface area contributed by atoms with Gasteiger partial charge in [-0.2, -0.15) is 0 Å². The van der Waals surface area contributed by atoms with Gasteiger partial charge in [-0.3, -0.25) is 9.89 Å². The third kappa shape index (κ3) is 7.47. The number of rotatable bonds is 7. The molecule has 2 fully saturated rings.